The van der Waals surface area contributed by atoms with Crippen LogP contribution in [0.2, 0.25) is 10.0 Å². The Labute approximate surface area is 123 Å². The number of anilines is 1. The van der Waals surface area contributed by atoms with Crippen LogP contribution in [0.25, 0.3) is 0 Å². The molecule has 104 valence electrons. The minimum atomic E-state index is 0.127. The van der Waals surface area contributed by atoms with E-state index in [1.807, 2.05) is 4.90 Å². The number of hydrogen-bond acceptors (Lipinski definition) is 2. The molecule has 1 amide bonds. The fourth-order valence-corrected chi connectivity index (χ4v) is 2.89. The second-order valence-electron chi connectivity index (χ2n) is 5.10. The van der Waals surface area contributed by atoms with Crippen molar-refractivity contribution in [3.63, 3.8) is 0 Å². The van der Waals surface area contributed by atoms with E-state index in [-0.39, 0.29) is 12.5 Å². The second-order valence-corrected chi connectivity index (χ2v) is 5.97. The van der Waals surface area contributed by atoms with Crippen molar-refractivity contribution >= 4 is 34.8 Å². The molecule has 1 heterocycles. The lowest BCUT2D eigenvalue weighted by Crippen LogP contribution is -2.41. The molecule has 1 aromatic carbocycles. The topological polar surface area (TPSA) is 32.3 Å². The smallest absolute Gasteiger partial charge is 0.241 e. The van der Waals surface area contributed by atoms with Gasteiger partial charge in [-0.15, -0.1) is 0 Å². The predicted octanol–water partition coefficient (Wildman–Crippen LogP) is 3.66. The van der Waals surface area contributed by atoms with Gasteiger partial charge in [0.1, 0.15) is 0 Å². The van der Waals surface area contributed by atoms with Crippen LogP contribution in [0.5, 0.6) is 0 Å². The number of carbonyl (C=O) groups excluding carboxylic acids is 1. The molecule has 1 atom stereocenters. The summed E-state index contributed by atoms with van der Waals surface area (Å²) in [5.41, 5.74) is 0.774. The van der Waals surface area contributed by atoms with Crippen LogP contribution >= 0.6 is 23.2 Å². The first-order chi connectivity index (χ1) is 9.04. The number of amides is 1. The van der Waals surface area contributed by atoms with Crippen LogP contribution in [0.4, 0.5) is 5.69 Å². The molecule has 19 heavy (non-hydrogen) atoms. The van der Waals surface area contributed by atoms with Crippen LogP contribution in [-0.4, -0.2) is 30.4 Å². The first-order valence-corrected chi connectivity index (χ1v) is 7.28. The molecule has 2 rings (SSSR count). The van der Waals surface area contributed by atoms with Crippen LogP contribution in [-0.2, 0) is 4.79 Å². The Hall–Kier alpha value is -0.930. The summed E-state index contributed by atoms with van der Waals surface area (Å²) in [7, 11) is 0. The summed E-state index contributed by atoms with van der Waals surface area (Å²) in [6.45, 7) is 4.19. The van der Waals surface area contributed by atoms with Crippen LogP contribution in [0.15, 0.2) is 18.2 Å². The van der Waals surface area contributed by atoms with Crippen LogP contribution in [0.1, 0.15) is 19.8 Å². The highest BCUT2D eigenvalue weighted by atomic mass is 35.5. The monoisotopic (exact) mass is 300 g/mol. The highest BCUT2D eigenvalue weighted by molar-refractivity contribution is 6.35. The molecular formula is C14H18Cl2N2O. The van der Waals surface area contributed by atoms with Crippen LogP contribution < -0.4 is 5.32 Å². The molecule has 3 nitrogen and oxygen atoms in total. The van der Waals surface area contributed by atoms with E-state index in [1.165, 1.54) is 6.42 Å². The molecule has 0 aliphatic carbocycles. The van der Waals surface area contributed by atoms with Crippen molar-refractivity contribution < 1.29 is 4.79 Å². The standard InChI is InChI=1S/C14H18Cl2N2O/c1-10-3-2-4-18(9-10)14(19)8-17-13-6-11(15)5-12(16)7-13/h5-7,10,17H,2-4,8-9H2,1H3. The van der Waals surface area contributed by atoms with Gasteiger partial charge in [-0.3, -0.25) is 4.79 Å². The number of piperidine rings is 1. The molecule has 1 aromatic rings. The first kappa shape index (κ1) is 14.5. The fourth-order valence-electron chi connectivity index (χ4n) is 2.36. The largest absolute Gasteiger partial charge is 0.376 e. The van der Waals surface area contributed by atoms with Gasteiger partial charge in [-0.05, 0) is 37.0 Å². The highest BCUT2D eigenvalue weighted by Crippen LogP contribution is 2.22. The Morgan fingerprint density at radius 1 is 1.37 bits per heavy atom. The molecule has 0 saturated carbocycles. The maximum absolute atomic E-state index is 12.1. The van der Waals surface area contributed by atoms with Crippen molar-refractivity contribution in [2.24, 2.45) is 5.92 Å². The van der Waals surface area contributed by atoms with Gasteiger partial charge in [0, 0.05) is 28.8 Å². The number of nitrogens with one attached hydrogen (secondary N) is 1. The van der Waals surface area contributed by atoms with Crippen molar-refractivity contribution in [3.8, 4) is 0 Å². The van der Waals surface area contributed by atoms with Crippen molar-refractivity contribution in [2.75, 3.05) is 25.0 Å². The normalized spacial score (nSPS) is 19.3. The number of nitrogens with zero attached hydrogens (tertiary/aromatic N) is 1. The summed E-state index contributed by atoms with van der Waals surface area (Å²) in [5.74, 6) is 0.723. The van der Waals surface area contributed by atoms with Crippen LogP contribution in [0.3, 0.4) is 0 Å². The molecule has 5 heteroatoms. The number of rotatable bonds is 3. The quantitative estimate of drug-likeness (QED) is 0.924. The third kappa shape index (κ3) is 4.29. The van der Waals surface area contributed by atoms with Gasteiger partial charge in [-0.2, -0.15) is 0 Å². The van der Waals surface area contributed by atoms with E-state index >= 15 is 0 Å². The minimum Gasteiger partial charge on any atom is -0.376 e. The zero-order valence-electron chi connectivity index (χ0n) is 11.0. The maximum Gasteiger partial charge on any atom is 0.241 e. The van der Waals surface area contributed by atoms with Gasteiger partial charge in [0.25, 0.3) is 0 Å². The van der Waals surface area contributed by atoms with E-state index in [0.717, 1.165) is 25.2 Å². The van der Waals surface area contributed by atoms with E-state index < -0.39 is 0 Å². The first-order valence-electron chi connectivity index (χ1n) is 6.52. The molecule has 1 aliphatic rings. The minimum absolute atomic E-state index is 0.127. The molecular weight excluding hydrogens is 283 g/mol. The van der Waals surface area contributed by atoms with Gasteiger partial charge in [-0.1, -0.05) is 30.1 Å². The fraction of sp³-hybridized carbons (Fsp3) is 0.500. The molecule has 0 aromatic heterocycles. The number of carbonyl (C=O) groups is 1. The second kappa shape index (κ2) is 6.49. The third-order valence-electron chi connectivity index (χ3n) is 3.32. The average Bonchev–Trinajstić information content (AvgIpc) is 2.35. The van der Waals surface area contributed by atoms with E-state index in [1.54, 1.807) is 18.2 Å². The lowest BCUT2D eigenvalue weighted by atomic mass is 10.0. The Bertz CT molecular complexity index is 445. The number of likely N-dealkylation sites (tertiary alicyclic amines) is 1. The molecule has 0 spiro atoms. The SMILES string of the molecule is CC1CCCN(C(=O)CNc2cc(Cl)cc(Cl)c2)C1. The highest BCUT2D eigenvalue weighted by Gasteiger charge is 2.20. The van der Waals surface area contributed by atoms with E-state index in [4.69, 9.17) is 23.2 Å². The van der Waals surface area contributed by atoms with Crippen molar-refractivity contribution in [2.45, 2.75) is 19.8 Å². The summed E-state index contributed by atoms with van der Waals surface area (Å²) in [5, 5.41) is 4.21. The van der Waals surface area contributed by atoms with E-state index in [9.17, 15) is 4.79 Å². The van der Waals surface area contributed by atoms with Crippen molar-refractivity contribution in [1.29, 1.82) is 0 Å². The van der Waals surface area contributed by atoms with Crippen LogP contribution in [0, 0.1) is 5.92 Å². The van der Waals surface area contributed by atoms with Gasteiger partial charge in [0.2, 0.25) is 5.91 Å². The van der Waals surface area contributed by atoms with Gasteiger partial charge >= 0.3 is 0 Å². The Morgan fingerprint density at radius 3 is 2.68 bits per heavy atom. The molecule has 1 aliphatic heterocycles. The molecule has 1 N–H and O–H groups in total. The number of halogens is 2. The van der Waals surface area contributed by atoms with Crippen molar-refractivity contribution in [1.82, 2.24) is 4.90 Å². The third-order valence-corrected chi connectivity index (χ3v) is 3.75. The summed E-state index contributed by atoms with van der Waals surface area (Å²) < 4.78 is 0. The van der Waals surface area contributed by atoms with Crippen molar-refractivity contribution in [3.05, 3.63) is 28.2 Å². The van der Waals surface area contributed by atoms with E-state index in [0.29, 0.717) is 16.0 Å². The van der Waals surface area contributed by atoms with Gasteiger partial charge in [-0.25, -0.2) is 0 Å². The maximum atomic E-state index is 12.1. The van der Waals surface area contributed by atoms with E-state index in [2.05, 4.69) is 12.2 Å². The zero-order chi connectivity index (χ0) is 13.8. The summed E-state index contributed by atoms with van der Waals surface area (Å²) in [4.78, 5) is 14.0. The molecule has 1 fully saturated rings. The number of hydrogen-bond donors (Lipinski definition) is 1. The molecule has 1 unspecified atom stereocenters. The Balaban J connectivity index is 1.89. The average molecular weight is 301 g/mol. The summed E-state index contributed by atoms with van der Waals surface area (Å²) in [6, 6.07) is 5.20. The van der Waals surface area contributed by atoms with Gasteiger partial charge in [0.05, 0.1) is 6.54 Å². The lowest BCUT2D eigenvalue weighted by Gasteiger charge is -2.31. The van der Waals surface area contributed by atoms with Gasteiger partial charge in [0.15, 0.2) is 0 Å². The number of benzene rings is 1. The van der Waals surface area contributed by atoms with Gasteiger partial charge < -0.3 is 10.2 Å². The Morgan fingerprint density at radius 2 is 2.05 bits per heavy atom. The molecule has 1 saturated heterocycles. The summed E-state index contributed by atoms with van der Waals surface area (Å²) in [6.07, 6.45) is 2.30. The lowest BCUT2D eigenvalue weighted by molar-refractivity contribution is -0.130. The Kier molecular flexibility index (Phi) is 4.94. The molecule has 0 radical (unpaired) electrons. The zero-order valence-corrected chi connectivity index (χ0v) is 12.5. The predicted molar refractivity (Wildman–Crippen MR) is 79.9 cm³/mol. The summed E-state index contributed by atoms with van der Waals surface area (Å²) >= 11 is 11.8. The molecule has 0 bridgehead atoms.